The predicted octanol–water partition coefficient (Wildman–Crippen LogP) is 1.87. The van der Waals surface area contributed by atoms with Gasteiger partial charge in [-0.3, -0.25) is 9.69 Å². The third kappa shape index (κ3) is 5.63. The van der Waals surface area contributed by atoms with Crippen molar-refractivity contribution in [3.05, 3.63) is 11.6 Å². The quantitative estimate of drug-likeness (QED) is 0.755. The van der Waals surface area contributed by atoms with Crippen molar-refractivity contribution >= 4 is 5.91 Å². The lowest BCUT2D eigenvalue weighted by Gasteiger charge is -2.33. The number of piperidine rings is 1. The summed E-state index contributed by atoms with van der Waals surface area (Å²) in [5, 5.41) is 3.49. The van der Waals surface area contributed by atoms with Crippen LogP contribution in [0.1, 0.15) is 40.5 Å². The number of carbonyl (C=O) groups is 1. The van der Waals surface area contributed by atoms with Crippen LogP contribution in [0.4, 0.5) is 0 Å². The van der Waals surface area contributed by atoms with Crippen LogP contribution < -0.4 is 5.32 Å². The normalized spacial score (nSPS) is 18.6. The van der Waals surface area contributed by atoms with Crippen molar-refractivity contribution in [2.75, 3.05) is 33.2 Å². The van der Waals surface area contributed by atoms with Gasteiger partial charge in [-0.15, -0.1) is 0 Å². The number of carbonyl (C=O) groups excluding carboxylic acids is 1. The summed E-state index contributed by atoms with van der Waals surface area (Å²) in [7, 11) is 1.86. The Hall–Kier alpha value is -0.870. The van der Waals surface area contributed by atoms with E-state index in [1.54, 1.807) is 4.90 Å². The fraction of sp³-hybridized carbons (Fsp3) is 0.812. The standard InChI is InChI=1S/C16H31N3O/c1-6-18(5)16(20)14(4)17-15-8-11-19(12-9-15)10-7-13(2)3/h7,14-15,17H,6,8-12H2,1-5H3. The molecule has 1 heterocycles. The molecule has 1 aliphatic rings. The summed E-state index contributed by atoms with van der Waals surface area (Å²) in [5.41, 5.74) is 1.38. The maximum atomic E-state index is 12.0. The minimum Gasteiger partial charge on any atom is -0.345 e. The molecule has 0 bridgehead atoms. The van der Waals surface area contributed by atoms with Crippen molar-refractivity contribution in [1.82, 2.24) is 15.1 Å². The Labute approximate surface area is 124 Å². The number of hydrogen-bond donors (Lipinski definition) is 1. The number of likely N-dealkylation sites (N-methyl/N-ethyl adjacent to an activating group) is 1. The van der Waals surface area contributed by atoms with Crippen LogP contribution in [0, 0.1) is 0 Å². The zero-order chi connectivity index (χ0) is 15.1. The summed E-state index contributed by atoms with van der Waals surface area (Å²) < 4.78 is 0. The van der Waals surface area contributed by atoms with E-state index in [9.17, 15) is 4.79 Å². The zero-order valence-electron chi connectivity index (χ0n) is 13.8. The lowest BCUT2D eigenvalue weighted by molar-refractivity contribution is -0.131. The Balaban J connectivity index is 2.31. The monoisotopic (exact) mass is 281 g/mol. The van der Waals surface area contributed by atoms with Crippen molar-refractivity contribution < 1.29 is 4.79 Å². The van der Waals surface area contributed by atoms with Crippen molar-refractivity contribution in [2.45, 2.75) is 52.6 Å². The molecule has 20 heavy (non-hydrogen) atoms. The molecule has 1 aliphatic heterocycles. The van der Waals surface area contributed by atoms with Gasteiger partial charge in [0, 0.05) is 26.2 Å². The molecule has 0 radical (unpaired) electrons. The highest BCUT2D eigenvalue weighted by Gasteiger charge is 2.23. The first kappa shape index (κ1) is 17.2. The highest BCUT2D eigenvalue weighted by Crippen LogP contribution is 2.11. The van der Waals surface area contributed by atoms with Crippen LogP contribution in [0.2, 0.25) is 0 Å². The molecule has 1 amide bonds. The molecule has 116 valence electrons. The van der Waals surface area contributed by atoms with Gasteiger partial charge < -0.3 is 10.2 Å². The summed E-state index contributed by atoms with van der Waals surface area (Å²) >= 11 is 0. The van der Waals surface area contributed by atoms with E-state index < -0.39 is 0 Å². The van der Waals surface area contributed by atoms with Gasteiger partial charge in [0.2, 0.25) is 5.91 Å². The largest absolute Gasteiger partial charge is 0.345 e. The summed E-state index contributed by atoms with van der Waals surface area (Å²) in [5.74, 6) is 0.194. The lowest BCUT2D eigenvalue weighted by Crippen LogP contribution is -2.50. The van der Waals surface area contributed by atoms with Gasteiger partial charge in [0.1, 0.15) is 0 Å². The summed E-state index contributed by atoms with van der Waals surface area (Å²) in [6.45, 7) is 12.3. The molecule has 0 saturated carbocycles. The van der Waals surface area contributed by atoms with Crippen molar-refractivity contribution in [3.8, 4) is 0 Å². The topological polar surface area (TPSA) is 35.6 Å². The Morgan fingerprint density at radius 2 is 2.00 bits per heavy atom. The molecule has 1 N–H and O–H groups in total. The number of hydrogen-bond acceptors (Lipinski definition) is 3. The smallest absolute Gasteiger partial charge is 0.239 e. The second-order valence-corrected chi connectivity index (χ2v) is 6.10. The molecule has 0 aliphatic carbocycles. The third-order valence-corrected chi connectivity index (χ3v) is 4.05. The van der Waals surface area contributed by atoms with Crippen LogP contribution in [-0.2, 0) is 4.79 Å². The maximum Gasteiger partial charge on any atom is 0.239 e. The lowest BCUT2D eigenvalue weighted by atomic mass is 10.0. The third-order valence-electron chi connectivity index (χ3n) is 4.05. The SMILES string of the molecule is CCN(C)C(=O)C(C)NC1CCN(CC=C(C)C)CC1. The first-order chi connectivity index (χ1) is 9.43. The average molecular weight is 281 g/mol. The fourth-order valence-corrected chi connectivity index (χ4v) is 2.51. The van der Waals surface area contributed by atoms with E-state index in [2.05, 4.69) is 30.1 Å². The molecule has 1 saturated heterocycles. The van der Waals surface area contributed by atoms with Crippen LogP contribution >= 0.6 is 0 Å². The Morgan fingerprint density at radius 1 is 1.40 bits per heavy atom. The second-order valence-electron chi connectivity index (χ2n) is 6.10. The summed E-state index contributed by atoms with van der Waals surface area (Å²) in [6.07, 6.45) is 4.55. The number of likely N-dealkylation sites (tertiary alicyclic amines) is 1. The van der Waals surface area contributed by atoms with Crippen LogP contribution in [0.5, 0.6) is 0 Å². The van der Waals surface area contributed by atoms with Crippen molar-refractivity contribution in [3.63, 3.8) is 0 Å². The van der Waals surface area contributed by atoms with Gasteiger partial charge in [-0.05, 0) is 53.6 Å². The average Bonchev–Trinajstić information content (AvgIpc) is 2.44. The van der Waals surface area contributed by atoms with Crippen molar-refractivity contribution in [1.29, 1.82) is 0 Å². The molecular weight excluding hydrogens is 250 g/mol. The predicted molar refractivity (Wildman–Crippen MR) is 84.8 cm³/mol. The van der Waals surface area contributed by atoms with Gasteiger partial charge in [-0.25, -0.2) is 0 Å². The number of nitrogens with one attached hydrogen (secondary N) is 1. The van der Waals surface area contributed by atoms with E-state index >= 15 is 0 Å². The van der Waals surface area contributed by atoms with Crippen LogP contribution in [0.15, 0.2) is 11.6 Å². The number of rotatable bonds is 6. The van der Waals surface area contributed by atoms with Crippen LogP contribution in [0.3, 0.4) is 0 Å². The van der Waals surface area contributed by atoms with Gasteiger partial charge in [0.05, 0.1) is 6.04 Å². The minimum atomic E-state index is -0.0747. The molecule has 0 aromatic rings. The Bertz CT molecular complexity index is 329. The number of allylic oxidation sites excluding steroid dienone is 1. The van der Waals surface area contributed by atoms with Crippen LogP contribution in [0.25, 0.3) is 0 Å². The fourth-order valence-electron chi connectivity index (χ4n) is 2.51. The molecule has 1 fully saturated rings. The number of nitrogens with zero attached hydrogens (tertiary/aromatic N) is 2. The molecule has 1 atom stereocenters. The highest BCUT2D eigenvalue weighted by molar-refractivity contribution is 5.81. The van der Waals surface area contributed by atoms with Gasteiger partial charge in [0.25, 0.3) is 0 Å². The molecule has 4 nitrogen and oxygen atoms in total. The minimum absolute atomic E-state index is 0.0747. The van der Waals surface area contributed by atoms with E-state index in [-0.39, 0.29) is 11.9 Å². The molecule has 0 aromatic heterocycles. The Morgan fingerprint density at radius 3 is 2.50 bits per heavy atom. The van der Waals surface area contributed by atoms with Gasteiger partial charge in [-0.2, -0.15) is 0 Å². The first-order valence-corrected chi connectivity index (χ1v) is 7.80. The molecule has 0 spiro atoms. The van der Waals surface area contributed by atoms with Gasteiger partial charge in [-0.1, -0.05) is 11.6 Å². The summed E-state index contributed by atoms with van der Waals surface area (Å²) in [4.78, 5) is 16.3. The first-order valence-electron chi connectivity index (χ1n) is 7.80. The molecule has 4 heteroatoms. The maximum absolute atomic E-state index is 12.0. The van der Waals surface area contributed by atoms with Crippen LogP contribution in [-0.4, -0.2) is 61.0 Å². The van der Waals surface area contributed by atoms with E-state index in [1.807, 2.05) is 20.9 Å². The van der Waals surface area contributed by atoms with E-state index in [1.165, 1.54) is 5.57 Å². The van der Waals surface area contributed by atoms with E-state index in [0.717, 1.165) is 39.0 Å². The van der Waals surface area contributed by atoms with E-state index in [4.69, 9.17) is 0 Å². The number of amides is 1. The van der Waals surface area contributed by atoms with Gasteiger partial charge >= 0.3 is 0 Å². The highest BCUT2D eigenvalue weighted by atomic mass is 16.2. The zero-order valence-corrected chi connectivity index (χ0v) is 13.8. The molecule has 0 aromatic carbocycles. The molecule has 1 unspecified atom stereocenters. The molecule has 1 rings (SSSR count). The Kier molecular flexibility index (Phi) is 7.24. The summed E-state index contributed by atoms with van der Waals surface area (Å²) in [6, 6.07) is 0.399. The van der Waals surface area contributed by atoms with Gasteiger partial charge in [0.15, 0.2) is 0 Å². The second kappa shape index (κ2) is 8.42. The van der Waals surface area contributed by atoms with E-state index in [0.29, 0.717) is 6.04 Å². The molecular formula is C16H31N3O. The van der Waals surface area contributed by atoms with Crippen molar-refractivity contribution in [2.24, 2.45) is 0 Å².